The molecule has 4 heteroatoms. The SMILES string of the molecule is CCC(=O)N(C)c1cccc(OCCCN)c1. The first kappa shape index (κ1) is 13.5. The van der Waals surface area contributed by atoms with E-state index in [2.05, 4.69) is 0 Å². The van der Waals surface area contributed by atoms with Crippen LogP contribution in [0, 0.1) is 0 Å². The van der Waals surface area contributed by atoms with Crippen molar-refractivity contribution in [3.8, 4) is 5.75 Å². The average Bonchev–Trinajstić information content (AvgIpc) is 2.37. The Hall–Kier alpha value is -1.55. The van der Waals surface area contributed by atoms with Crippen LogP contribution in [-0.2, 0) is 4.79 Å². The summed E-state index contributed by atoms with van der Waals surface area (Å²) < 4.78 is 5.53. The van der Waals surface area contributed by atoms with Crippen molar-refractivity contribution in [3.05, 3.63) is 24.3 Å². The predicted octanol–water partition coefficient (Wildman–Crippen LogP) is 1.79. The summed E-state index contributed by atoms with van der Waals surface area (Å²) in [6, 6.07) is 7.52. The summed E-state index contributed by atoms with van der Waals surface area (Å²) in [6.07, 6.45) is 1.32. The molecule has 1 aromatic rings. The van der Waals surface area contributed by atoms with Gasteiger partial charge in [0.2, 0.25) is 5.91 Å². The van der Waals surface area contributed by atoms with E-state index in [1.807, 2.05) is 31.2 Å². The summed E-state index contributed by atoms with van der Waals surface area (Å²) in [5.41, 5.74) is 6.24. The maximum absolute atomic E-state index is 11.6. The highest BCUT2D eigenvalue weighted by molar-refractivity contribution is 5.92. The minimum Gasteiger partial charge on any atom is -0.493 e. The van der Waals surface area contributed by atoms with E-state index in [9.17, 15) is 4.79 Å². The molecule has 0 heterocycles. The Labute approximate surface area is 102 Å². The fraction of sp³-hybridized carbons (Fsp3) is 0.462. The van der Waals surface area contributed by atoms with Crippen LogP contribution in [0.15, 0.2) is 24.3 Å². The van der Waals surface area contributed by atoms with Crippen LogP contribution in [0.3, 0.4) is 0 Å². The van der Waals surface area contributed by atoms with Crippen LogP contribution in [0.5, 0.6) is 5.75 Å². The molecule has 0 saturated heterocycles. The minimum absolute atomic E-state index is 0.0871. The highest BCUT2D eigenvalue weighted by Gasteiger charge is 2.08. The Morgan fingerprint density at radius 1 is 1.47 bits per heavy atom. The third-order valence-corrected chi connectivity index (χ3v) is 2.50. The van der Waals surface area contributed by atoms with E-state index in [-0.39, 0.29) is 5.91 Å². The monoisotopic (exact) mass is 236 g/mol. The first-order valence-electron chi connectivity index (χ1n) is 5.88. The number of benzene rings is 1. The zero-order valence-electron chi connectivity index (χ0n) is 10.5. The lowest BCUT2D eigenvalue weighted by Crippen LogP contribution is -2.24. The van der Waals surface area contributed by atoms with Crippen molar-refractivity contribution >= 4 is 11.6 Å². The molecule has 94 valence electrons. The van der Waals surface area contributed by atoms with Gasteiger partial charge >= 0.3 is 0 Å². The molecular formula is C13H20N2O2. The van der Waals surface area contributed by atoms with Crippen LogP contribution in [0.2, 0.25) is 0 Å². The normalized spacial score (nSPS) is 10.1. The molecule has 1 aromatic carbocycles. The standard InChI is InChI=1S/C13H20N2O2/c1-3-13(16)15(2)11-6-4-7-12(10-11)17-9-5-8-14/h4,6-7,10H,3,5,8-9,14H2,1-2H3. The summed E-state index contributed by atoms with van der Waals surface area (Å²) >= 11 is 0. The van der Waals surface area contributed by atoms with E-state index in [0.717, 1.165) is 17.9 Å². The number of hydrogen-bond donors (Lipinski definition) is 1. The number of amides is 1. The number of ether oxygens (including phenoxy) is 1. The maximum atomic E-state index is 11.6. The number of nitrogens with zero attached hydrogens (tertiary/aromatic N) is 1. The molecule has 0 radical (unpaired) electrons. The van der Waals surface area contributed by atoms with Crippen LogP contribution in [0.4, 0.5) is 5.69 Å². The van der Waals surface area contributed by atoms with Crippen LogP contribution >= 0.6 is 0 Å². The Morgan fingerprint density at radius 2 is 2.24 bits per heavy atom. The molecule has 0 spiro atoms. The summed E-state index contributed by atoms with van der Waals surface area (Å²) in [5.74, 6) is 0.857. The molecule has 0 aliphatic rings. The van der Waals surface area contributed by atoms with Gasteiger partial charge < -0.3 is 15.4 Å². The van der Waals surface area contributed by atoms with E-state index in [0.29, 0.717) is 19.6 Å². The number of anilines is 1. The second-order valence-electron chi connectivity index (χ2n) is 3.79. The van der Waals surface area contributed by atoms with Crippen molar-refractivity contribution in [2.24, 2.45) is 5.73 Å². The average molecular weight is 236 g/mol. The molecule has 0 aliphatic carbocycles. The van der Waals surface area contributed by atoms with E-state index < -0.39 is 0 Å². The lowest BCUT2D eigenvalue weighted by molar-refractivity contribution is -0.118. The lowest BCUT2D eigenvalue weighted by atomic mass is 10.2. The van der Waals surface area contributed by atoms with Gasteiger partial charge in [-0.3, -0.25) is 4.79 Å². The van der Waals surface area contributed by atoms with Crippen molar-refractivity contribution in [3.63, 3.8) is 0 Å². The number of carbonyl (C=O) groups excluding carboxylic acids is 1. The number of nitrogens with two attached hydrogens (primary N) is 1. The number of rotatable bonds is 6. The lowest BCUT2D eigenvalue weighted by Gasteiger charge is -2.17. The topological polar surface area (TPSA) is 55.6 Å². The van der Waals surface area contributed by atoms with E-state index in [1.165, 1.54) is 0 Å². The van der Waals surface area contributed by atoms with Gasteiger partial charge in [0.25, 0.3) is 0 Å². The molecular weight excluding hydrogens is 216 g/mol. The van der Waals surface area contributed by atoms with Crippen molar-refractivity contribution in [2.45, 2.75) is 19.8 Å². The van der Waals surface area contributed by atoms with Gasteiger partial charge in [-0.2, -0.15) is 0 Å². The summed E-state index contributed by atoms with van der Waals surface area (Å²) in [5, 5.41) is 0. The molecule has 17 heavy (non-hydrogen) atoms. The van der Waals surface area contributed by atoms with Gasteiger partial charge in [0.1, 0.15) is 5.75 Å². The molecule has 0 saturated carbocycles. The van der Waals surface area contributed by atoms with Gasteiger partial charge in [-0.05, 0) is 25.1 Å². The first-order valence-corrected chi connectivity index (χ1v) is 5.88. The largest absolute Gasteiger partial charge is 0.493 e. The second-order valence-corrected chi connectivity index (χ2v) is 3.79. The van der Waals surface area contributed by atoms with Gasteiger partial charge in [-0.1, -0.05) is 13.0 Å². The van der Waals surface area contributed by atoms with E-state index in [4.69, 9.17) is 10.5 Å². The van der Waals surface area contributed by atoms with Crippen LogP contribution < -0.4 is 15.4 Å². The maximum Gasteiger partial charge on any atom is 0.226 e. The van der Waals surface area contributed by atoms with E-state index >= 15 is 0 Å². The molecule has 0 aliphatic heterocycles. The molecule has 4 nitrogen and oxygen atoms in total. The molecule has 0 fully saturated rings. The van der Waals surface area contributed by atoms with Crippen LogP contribution in [0.25, 0.3) is 0 Å². The summed E-state index contributed by atoms with van der Waals surface area (Å²) in [4.78, 5) is 13.2. The predicted molar refractivity (Wildman–Crippen MR) is 69.3 cm³/mol. The molecule has 1 amide bonds. The Bertz CT molecular complexity index is 366. The van der Waals surface area contributed by atoms with Crippen molar-refractivity contribution in [2.75, 3.05) is 25.1 Å². The molecule has 2 N–H and O–H groups in total. The molecule has 0 atom stereocenters. The zero-order chi connectivity index (χ0) is 12.7. The molecule has 0 bridgehead atoms. The van der Waals surface area contributed by atoms with Gasteiger partial charge in [0.05, 0.1) is 6.61 Å². The number of hydrogen-bond acceptors (Lipinski definition) is 3. The number of carbonyl (C=O) groups is 1. The summed E-state index contributed by atoms with van der Waals surface area (Å²) in [7, 11) is 1.77. The van der Waals surface area contributed by atoms with Crippen molar-refractivity contribution in [1.29, 1.82) is 0 Å². The first-order chi connectivity index (χ1) is 8.19. The minimum atomic E-state index is 0.0871. The Kier molecular flexibility index (Phi) is 5.49. The van der Waals surface area contributed by atoms with E-state index in [1.54, 1.807) is 11.9 Å². The second kappa shape index (κ2) is 6.91. The Morgan fingerprint density at radius 3 is 2.88 bits per heavy atom. The van der Waals surface area contributed by atoms with Gasteiger partial charge in [-0.15, -0.1) is 0 Å². The fourth-order valence-electron chi connectivity index (χ4n) is 1.44. The third-order valence-electron chi connectivity index (χ3n) is 2.50. The van der Waals surface area contributed by atoms with Crippen LogP contribution in [0.1, 0.15) is 19.8 Å². The van der Waals surface area contributed by atoms with Crippen LogP contribution in [-0.4, -0.2) is 26.1 Å². The molecule has 1 rings (SSSR count). The van der Waals surface area contributed by atoms with Crippen molar-refractivity contribution < 1.29 is 9.53 Å². The zero-order valence-corrected chi connectivity index (χ0v) is 10.5. The molecule has 0 unspecified atom stereocenters. The van der Waals surface area contributed by atoms with Gasteiger partial charge in [-0.25, -0.2) is 0 Å². The highest BCUT2D eigenvalue weighted by Crippen LogP contribution is 2.20. The van der Waals surface area contributed by atoms with Gasteiger partial charge in [0.15, 0.2) is 0 Å². The smallest absolute Gasteiger partial charge is 0.226 e. The Balaban J connectivity index is 2.68. The highest BCUT2D eigenvalue weighted by atomic mass is 16.5. The third kappa shape index (κ3) is 4.07. The van der Waals surface area contributed by atoms with Crippen molar-refractivity contribution in [1.82, 2.24) is 0 Å². The summed E-state index contributed by atoms with van der Waals surface area (Å²) in [6.45, 7) is 3.07. The fourth-order valence-corrected chi connectivity index (χ4v) is 1.44. The van der Waals surface area contributed by atoms with Gasteiger partial charge in [0, 0.05) is 25.2 Å². The molecule has 0 aromatic heterocycles. The quantitative estimate of drug-likeness (QED) is 0.766.